The first-order chi connectivity index (χ1) is 12.5. The second kappa shape index (κ2) is 6.58. The largest absolute Gasteiger partial charge is 0.259 e. The summed E-state index contributed by atoms with van der Waals surface area (Å²) >= 11 is 6.37. The number of hydrogen-bond donors (Lipinski definition) is 0. The smallest absolute Gasteiger partial charge is 0.123 e. The van der Waals surface area contributed by atoms with Crippen LogP contribution in [0.15, 0.2) is 60.7 Å². The number of hydrogen-bond acceptors (Lipinski definition) is 1. The van der Waals surface area contributed by atoms with Crippen molar-refractivity contribution in [1.29, 1.82) is 0 Å². The van der Waals surface area contributed by atoms with E-state index in [0.29, 0.717) is 11.6 Å². The van der Waals surface area contributed by atoms with Gasteiger partial charge in [0.05, 0.1) is 17.3 Å². The summed E-state index contributed by atoms with van der Waals surface area (Å²) in [5, 5.41) is 6.34. The maximum atomic E-state index is 13.4. The molecule has 1 heterocycles. The standard InChI is InChI=1S/C22H18ClFN2/c1-14-6-7-17(15(2)12-14)13-26-22(16-8-10-18(24)11-9-16)19-4-3-5-20(23)21(19)25-26/h3-12H,13H2,1-2H3. The summed E-state index contributed by atoms with van der Waals surface area (Å²) < 4.78 is 15.4. The van der Waals surface area contributed by atoms with Gasteiger partial charge in [0.25, 0.3) is 0 Å². The second-order valence-electron chi connectivity index (χ2n) is 6.58. The van der Waals surface area contributed by atoms with Crippen LogP contribution in [0.3, 0.4) is 0 Å². The van der Waals surface area contributed by atoms with E-state index < -0.39 is 0 Å². The van der Waals surface area contributed by atoms with Crippen LogP contribution >= 0.6 is 11.6 Å². The molecule has 4 heteroatoms. The molecule has 0 aliphatic carbocycles. The van der Waals surface area contributed by atoms with Crippen LogP contribution in [0.2, 0.25) is 5.02 Å². The zero-order valence-electron chi connectivity index (χ0n) is 14.6. The molecule has 0 spiro atoms. The molecule has 0 radical (unpaired) electrons. The first-order valence-corrected chi connectivity index (χ1v) is 8.88. The lowest BCUT2D eigenvalue weighted by molar-refractivity contribution is 0.628. The summed E-state index contributed by atoms with van der Waals surface area (Å²) in [5.74, 6) is -0.253. The Morgan fingerprint density at radius 1 is 1.00 bits per heavy atom. The zero-order chi connectivity index (χ0) is 18.3. The number of fused-ring (bicyclic) bond motifs is 1. The quantitative estimate of drug-likeness (QED) is 0.425. The first kappa shape index (κ1) is 16.8. The topological polar surface area (TPSA) is 17.8 Å². The Morgan fingerprint density at radius 2 is 1.77 bits per heavy atom. The molecule has 26 heavy (non-hydrogen) atoms. The molecule has 0 aliphatic heterocycles. The summed E-state index contributed by atoms with van der Waals surface area (Å²) in [5.41, 5.74) is 6.28. The SMILES string of the molecule is Cc1ccc(Cn2nc3c(Cl)cccc3c2-c2ccc(F)cc2)c(C)c1. The number of halogens is 2. The van der Waals surface area contributed by atoms with Crippen molar-refractivity contribution in [2.24, 2.45) is 0 Å². The van der Waals surface area contributed by atoms with Gasteiger partial charge < -0.3 is 0 Å². The molecule has 0 bridgehead atoms. The average molecular weight is 365 g/mol. The average Bonchev–Trinajstić information content (AvgIpc) is 2.98. The minimum absolute atomic E-state index is 0.253. The van der Waals surface area contributed by atoms with E-state index in [2.05, 4.69) is 32.0 Å². The molecule has 0 N–H and O–H groups in total. The minimum atomic E-state index is -0.253. The Kier molecular flexibility index (Phi) is 4.25. The van der Waals surface area contributed by atoms with Gasteiger partial charge in [-0.2, -0.15) is 5.10 Å². The van der Waals surface area contributed by atoms with Crippen molar-refractivity contribution < 1.29 is 4.39 Å². The Morgan fingerprint density at radius 3 is 2.50 bits per heavy atom. The lowest BCUT2D eigenvalue weighted by Gasteiger charge is -2.11. The van der Waals surface area contributed by atoms with Crippen molar-refractivity contribution in [1.82, 2.24) is 9.78 Å². The van der Waals surface area contributed by atoms with Crippen LogP contribution in [0, 0.1) is 19.7 Å². The highest BCUT2D eigenvalue weighted by Crippen LogP contribution is 2.33. The van der Waals surface area contributed by atoms with Crippen LogP contribution in [-0.2, 0) is 6.54 Å². The van der Waals surface area contributed by atoms with E-state index in [9.17, 15) is 4.39 Å². The van der Waals surface area contributed by atoms with Gasteiger partial charge in [-0.3, -0.25) is 4.68 Å². The predicted molar refractivity (Wildman–Crippen MR) is 105 cm³/mol. The minimum Gasteiger partial charge on any atom is -0.259 e. The molecule has 0 unspecified atom stereocenters. The van der Waals surface area contributed by atoms with Gasteiger partial charge in [-0.1, -0.05) is 47.5 Å². The fraction of sp³-hybridized carbons (Fsp3) is 0.136. The van der Waals surface area contributed by atoms with Gasteiger partial charge >= 0.3 is 0 Å². The molecule has 2 nitrogen and oxygen atoms in total. The number of aryl methyl sites for hydroxylation is 2. The van der Waals surface area contributed by atoms with Gasteiger partial charge in [0.2, 0.25) is 0 Å². The monoisotopic (exact) mass is 364 g/mol. The number of nitrogens with zero attached hydrogens (tertiary/aromatic N) is 2. The fourth-order valence-corrected chi connectivity index (χ4v) is 3.54. The van der Waals surface area contributed by atoms with Crippen molar-refractivity contribution >= 4 is 22.5 Å². The van der Waals surface area contributed by atoms with E-state index in [0.717, 1.165) is 22.2 Å². The van der Waals surface area contributed by atoms with E-state index >= 15 is 0 Å². The highest BCUT2D eigenvalue weighted by molar-refractivity contribution is 6.35. The highest BCUT2D eigenvalue weighted by Gasteiger charge is 2.16. The molecule has 0 atom stereocenters. The molecular weight excluding hydrogens is 347 g/mol. The van der Waals surface area contributed by atoms with Crippen LogP contribution in [0.4, 0.5) is 4.39 Å². The lowest BCUT2D eigenvalue weighted by atomic mass is 10.0. The van der Waals surface area contributed by atoms with Crippen molar-refractivity contribution in [3.8, 4) is 11.3 Å². The molecule has 4 aromatic rings. The summed E-state index contributed by atoms with van der Waals surface area (Å²) in [6.45, 7) is 4.82. The van der Waals surface area contributed by atoms with Gasteiger partial charge in [-0.15, -0.1) is 0 Å². The Labute approximate surface area is 156 Å². The Balaban J connectivity index is 1.92. The van der Waals surface area contributed by atoms with Crippen molar-refractivity contribution in [3.05, 3.63) is 88.2 Å². The Hall–Kier alpha value is -2.65. The summed E-state index contributed by atoms with van der Waals surface area (Å²) in [4.78, 5) is 0. The van der Waals surface area contributed by atoms with Gasteiger partial charge in [0, 0.05) is 10.9 Å². The molecule has 0 aliphatic rings. The van der Waals surface area contributed by atoms with Crippen LogP contribution in [-0.4, -0.2) is 9.78 Å². The summed E-state index contributed by atoms with van der Waals surface area (Å²) in [6.07, 6.45) is 0. The van der Waals surface area contributed by atoms with E-state index in [1.807, 2.05) is 22.9 Å². The number of rotatable bonds is 3. The molecule has 0 fully saturated rings. The summed E-state index contributed by atoms with van der Waals surface area (Å²) in [7, 11) is 0. The van der Waals surface area contributed by atoms with E-state index in [4.69, 9.17) is 16.7 Å². The Bertz CT molecular complexity index is 1100. The van der Waals surface area contributed by atoms with Crippen molar-refractivity contribution in [3.63, 3.8) is 0 Å². The van der Waals surface area contributed by atoms with Crippen molar-refractivity contribution in [2.45, 2.75) is 20.4 Å². The van der Waals surface area contributed by atoms with Crippen LogP contribution in [0.1, 0.15) is 16.7 Å². The van der Waals surface area contributed by atoms with Crippen LogP contribution in [0.25, 0.3) is 22.2 Å². The molecule has 4 rings (SSSR count). The number of aromatic nitrogens is 2. The molecule has 0 saturated heterocycles. The van der Waals surface area contributed by atoms with Gasteiger partial charge in [0.15, 0.2) is 0 Å². The molecule has 0 saturated carbocycles. The molecule has 130 valence electrons. The lowest BCUT2D eigenvalue weighted by Crippen LogP contribution is -2.05. The third-order valence-corrected chi connectivity index (χ3v) is 4.96. The molecular formula is C22H18ClFN2. The third-order valence-electron chi connectivity index (χ3n) is 4.66. The fourth-order valence-electron chi connectivity index (χ4n) is 3.33. The predicted octanol–water partition coefficient (Wildman–Crippen LogP) is 6.16. The van der Waals surface area contributed by atoms with E-state index in [-0.39, 0.29) is 5.82 Å². The van der Waals surface area contributed by atoms with Gasteiger partial charge in [-0.25, -0.2) is 4.39 Å². The van der Waals surface area contributed by atoms with Crippen LogP contribution < -0.4 is 0 Å². The molecule has 0 amide bonds. The second-order valence-corrected chi connectivity index (χ2v) is 6.99. The highest BCUT2D eigenvalue weighted by atomic mass is 35.5. The third kappa shape index (κ3) is 2.99. The van der Waals surface area contributed by atoms with Crippen LogP contribution in [0.5, 0.6) is 0 Å². The van der Waals surface area contributed by atoms with Gasteiger partial charge in [-0.05, 0) is 55.3 Å². The molecule has 1 aromatic heterocycles. The normalized spacial score (nSPS) is 11.2. The van der Waals surface area contributed by atoms with E-state index in [1.54, 1.807) is 12.1 Å². The number of benzene rings is 3. The first-order valence-electron chi connectivity index (χ1n) is 8.50. The molecule has 3 aromatic carbocycles. The summed E-state index contributed by atoms with van der Waals surface area (Å²) in [6, 6.07) is 18.7. The maximum absolute atomic E-state index is 13.4. The maximum Gasteiger partial charge on any atom is 0.123 e. The van der Waals surface area contributed by atoms with Crippen molar-refractivity contribution in [2.75, 3.05) is 0 Å². The zero-order valence-corrected chi connectivity index (χ0v) is 15.4. The van der Waals surface area contributed by atoms with Gasteiger partial charge in [0.1, 0.15) is 11.3 Å². The van der Waals surface area contributed by atoms with E-state index in [1.165, 1.54) is 28.8 Å².